The summed E-state index contributed by atoms with van der Waals surface area (Å²) < 4.78 is 20.4. The summed E-state index contributed by atoms with van der Waals surface area (Å²) in [6.45, 7) is 7.07. The van der Waals surface area contributed by atoms with Gasteiger partial charge in [-0.3, -0.25) is 9.59 Å². The van der Waals surface area contributed by atoms with Gasteiger partial charge in [-0.05, 0) is 24.4 Å². The second kappa shape index (κ2) is 13.0. The van der Waals surface area contributed by atoms with Crippen LogP contribution in [0.3, 0.4) is 0 Å². The average Bonchev–Trinajstić information content (AvgIpc) is 3.75. The Morgan fingerprint density at radius 1 is 0.795 bits per heavy atom. The van der Waals surface area contributed by atoms with Crippen LogP contribution in [0.5, 0.6) is 0 Å². The van der Waals surface area contributed by atoms with Crippen molar-refractivity contribution in [2.24, 2.45) is 0 Å². The van der Waals surface area contributed by atoms with E-state index in [2.05, 4.69) is 30.6 Å². The fourth-order valence-corrected chi connectivity index (χ4v) is 8.91. The number of anilines is 3. The van der Waals surface area contributed by atoms with Gasteiger partial charge in [-0.15, -0.1) is 0 Å². The summed E-state index contributed by atoms with van der Waals surface area (Å²) in [7, 11) is 0. The van der Waals surface area contributed by atoms with Crippen LogP contribution in [-0.2, 0) is 44.8 Å². The number of aromatic nitrogens is 4. The molecule has 0 bridgehead atoms. The first-order chi connectivity index (χ1) is 21.0. The normalized spacial score (nSPS) is 25.7. The fraction of sp³-hybridized carbons (Fsp3) is 0.630. The van der Waals surface area contributed by atoms with E-state index in [1.165, 1.54) is 0 Å². The Balaban J connectivity index is 0.000000159. The molecule has 5 aliphatic rings. The van der Waals surface area contributed by atoms with E-state index in [1.54, 1.807) is 18.7 Å². The minimum absolute atomic E-state index is 0.0853. The van der Waals surface area contributed by atoms with Gasteiger partial charge >= 0.3 is 0 Å². The number of aryl methyl sites for hydroxylation is 2. The molecule has 3 fully saturated rings. The van der Waals surface area contributed by atoms with E-state index in [1.807, 2.05) is 9.80 Å². The maximum absolute atomic E-state index is 11.5. The van der Waals surface area contributed by atoms with Crippen LogP contribution in [0.15, 0.2) is 9.79 Å². The van der Waals surface area contributed by atoms with Gasteiger partial charge < -0.3 is 30.4 Å². The number of hydrogen-bond donors (Lipinski definition) is 5. The zero-order chi connectivity index (χ0) is 31.1. The number of nitrogens with zero attached hydrogens (tertiary/aromatic N) is 7. The van der Waals surface area contributed by atoms with E-state index < -0.39 is 22.4 Å². The molecule has 0 radical (unpaired) electrons. The van der Waals surface area contributed by atoms with Crippen LogP contribution < -0.4 is 15.5 Å². The second-order valence-electron chi connectivity index (χ2n) is 11.7. The van der Waals surface area contributed by atoms with Crippen molar-refractivity contribution in [3.8, 4) is 0 Å². The van der Waals surface area contributed by atoms with E-state index in [4.69, 9.17) is 11.6 Å². The molecule has 0 saturated carbocycles. The minimum atomic E-state index is -0.825. The summed E-state index contributed by atoms with van der Waals surface area (Å²) in [5, 5.41) is 16.4. The van der Waals surface area contributed by atoms with Crippen molar-refractivity contribution in [3.05, 3.63) is 16.7 Å². The largest absolute Gasteiger partial charge is 0.389 e. The van der Waals surface area contributed by atoms with Gasteiger partial charge in [0.15, 0.2) is 45.5 Å². The topological polar surface area (TPSA) is 180 Å². The Hall–Kier alpha value is -2.63. The number of likely N-dealkylation sites (tertiary alicyclic amines) is 2. The van der Waals surface area contributed by atoms with Crippen LogP contribution in [0.4, 0.5) is 17.6 Å². The smallest absolute Gasteiger partial charge is 0.253 e. The van der Waals surface area contributed by atoms with Crippen molar-refractivity contribution in [2.75, 3.05) is 66.3 Å². The Kier molecular flexibility index (Phi) is 9.27. The molecule has 0 aliphatic carbocycles. The molecular formula is C27H38ClN9O5S2+2. The lowest BCUT2D eigenvalue weighted by molar-refractivity contribution is -0.128. The van der Waals surface area contributed by atoms with Crippen LogP contribution in [0.2, 0.25) is 5.28 Å². The number of amides is 2. The molecule has 5 N–H and O–H groups in total. The molecule has 14 nitrogen and oxygen atoms in total. The number of carbonyl (C=O) groups is 2. The average molecular weight is 668 g/mol. The van der Waals surface area contributed by atoms with Crippen LogP contribution >= 0.6 is 11.6 Å². The third-order valence-electron chi connectivity index (χ3n) is 8.46. The van der Waals surface area contributed by atoms with Crippen molar-refractivity contribution in [1.82, 2.24) is 29.7 Å². The van der Waals surface area contributed by atoms with Gasteiger partial charge in [0, 0.05) is 78.0 Å². The van der Waals surface area contributed by atoms with Gasteiger partial charge in [0.25, 0.3) is 9.79 Å². The molecular weight excluding hydrogens is 630 g/mol. The first-order valence-corrected chi connectivity index (χ1v) is 17.9. The van der Waals surface area contributed by atoms with Crippen molar-refractivity contribution in [2.45, 2.75) is 67.5 Å². The van der Waals surface area contributed by atoms with Crippen LogP contribution in [0.25, 0.3) is 0 Å². The van der Waals surface area contributed by atoms with Gasteiger partial charge in [0.05, 0.1) is 6.10 Å². The van der Waals surface area contributed by atoms with E-state index >= 15 is 0 Å². The maximum Gasteiger partial charge on any atom is 0.253 e. The first-order valence-electron chi connectivity index (χ1n) is 14.8. The molecule has 17 heteroatoms. The van der Waals surface area contributed by atoms with Gasteiger partial charge in [-0.1, -0.05) is 0 Å². The summed E-state index contributed by atoms with van der Waals surface area (Å²) in [4.78, 5) is 47.6. The van der Waals surface area contributed by atoms with Crippen molar-refractivity contribution >= 4 is 63.4 Å². The summed E-state index contributed by atoms with van der Waals surface area (Å²) in [5.74, 6) is 3.47. The molecule has 2 amide bonds. The van der Waals surface area contributed by atoms with Gasteiger partial charge in [-0.2, -0.15) is 19.1 Å². The number of β-amino-alcohol motifs (C(OH)–C–C–N with tert-alkyl or cyclic N) is 1. The maximum atomic E-state index is 11.5. The SMILES string of the molecule is CC(=O)N1CC[C@@H](Nc2nc(Cl)nc3c2[S+](O)CC3)C1.CC(=O)N1CC[C@@H](Nc2nc(N3CC(O)C3)nc3c2[S+](O)CC3)C1. The van der Waals surface area contributed by atoms with Crippen LogP contribution in [-0.4, -0.2) is 125 Å². The molecule has 3 saturated heterocycles. The van der Waals surface area contributed by atoms with E-state index in [-0.39, 0.29) is 35.3 Å². The van der Waals surface area contributed by atoms with E-state index in [0.717, 1.165) is 60.0 Å². The minimum Gasteiger partial charge on any atom is -0.389 e. The third-order valence-corrected chi connectivity index (χ3v) is 11.6. The highest BCUT2D eigenvalue weighted by Gasteiger charge is 2.41. The summed E-state index contributed by atoms with van der Waals surface area (Å²) in [6.07, 6.45) is 2.91. The molecule has 7 rings (SSSR count). The zero-order valence-electron chi connectivity index (χ0n) is 24.7. The Labute approximate surface area is 266 Å². The quantitative estimate of drug-likeness (QED) is 0.225. The summed E-state index contributed by atoms with van der Waals surface area (Å²) in [5.41, 5.74) is 1.73. The van der Waals surface area contributed by atoms with Crippen LogP contribution in [0, 0.1) is 0 Å². The monoisotopic (exact) mass is 667 g/mol. The number of aliphatic hydroxyl groups excluding tert-OH is 1. The fourth-order valence-electron chi connectivity index (χ4n) is 6.05. The standard InChI is InChI=1S/C15H22N5O3S.C12H16ClN4O2S/c1-9(21)19-4-2-10(6-19)16-14-13-12(3-5-24(13)23)17-15(18-14)20-7-11(22)8-20;1-7(18)17-4-2-8(6-17)14-11-10-9(3-5-20(10)19)15-12(13)16-11/h10-11,22-23H,2-8H2,1H3,(H,16,17,18);8,19H,2-6H2,1H3,(H,14,15,16)/q2*+1/t10-,24?;8-,20?/m11/s1. The summed E-state index contributed by atoms with van der Waals surface area (Å²) >= 11 is 4.30. The predicted octanol–water partition coefficient (Wildman–Crippen LogP) is 0.866. The Morgan fingerprint density at radius 2 is 1.30 bits per heavy atom. The number of rotatable bonds is 5. The van der Waals surface area contributed by atoms with E-state index in [9.17, 15) is 23.8 Å². The highest BCUT2D eigenvalue weighted by molar-refractivity contribution is 7.92. The third kappa shape index (κ3) is 6.65. The van der Waals surface area contributed by atoms with E-state index in [0.29, 0.717) is 55.3 Å². The van der Waals surface area contributed by atoms with Crippen molar-refractivity contribution in [3.63, 3.8) is 0 Å². The molecule has 0 spiro atoms. The number of halogens is 1. The lowest BCUT2D eigenvalue weighted by Gasteiger charge is -2.36. The molecule has 4 atom stereocenters. The molecule has 238 valence electrons. The summed E-state index contributed by atoms with van der Waals surface area (Å²) in [6, 6.07) is 0.284. The number of nitrogens with one attached hydrogen (secondary N) is 2. The Morgan fingerprint density at radius 3 is 1.77 bits per heavy atom. The van der Waals surface area contributed by atoms with Gasteiger partial charge in [-0.25, -0.2) is 9.97 Å². The molecule has 2 aromatic rings. The lowest BCUT2D eigenvalue weighted by atomic mass is 10.2. The van der Waals surface area contributed by atoms with Gasteiger partial charge in [0.1, 0.15) is 11.4 Å². The zero-order valence-corrected chi connectivity index (χ0v) is 27.1. The predicted molar refractivity (Wildman–Crippen MR) is 170 cm³/mol. The molecule has 5 aliphatic heterocycles. The number of hydrogen-bond acceptors (Lipinski definition) is 12. The van der Waals surface area contributed by atoms with Crippen LogP contribution in [0.1, 0.15) is 38.1 Å². The second-order valence-corrected chi connectivity index (χ2v) is 15.1. The van der Waals surface area contributed by atoms with Gasteiger partial charge in [0.2, 0.25) is 23.0 Å². The van der Waals surface area contributed by atoms with Crippen molar-refractivity contribution in [1.29, 1.82) is 0 Å². The molecule has 7 heterocycles. The molecule has 0 aromatic carbocycles. The highest BCUT2D eigenvalue weighted by Crippen LogP contribution is 2.35. The van der Waals surface area contributed by atoms with Crippen molar-refractivity contribution < 1.29 is 23.8 Å². The molecule has 2 unspecified atom stereocenters. The Bertz CT molecular complexity index is 1430. The first kappa shape index (κ1) is 31.4. The molecule has 44 heavy (non-hydrogen) atoms. The number of aliphatic hydroxyl groups is 1. The molecule has 2 aromatic heterocycles. The number of carbonyl (C=O) groups excluding carboxylic acids is 2. The lowest BCUT2D eigenvalue weighted by Crippen LogP contribution is -2.51. The highest BCUT2D eigenvalue weighted by atomic mass is 35.5. The number of fused-ring (bicyclic) bond motifs is 2.